The molecule has 0 bridgehead atoms. The van der Waals surface area contributed by atoms with Crippen molar-refractivity contribution in [1.82, 2.24) is 0 Å². The standard InChI is InChI=1S/C14H18O5/c1-17-9-5-6-10(18-2)12(19-3)11(9)14(13(15)16)7-4-8-14/h5-6H,4,7-8H2,1-3H3,(H,15,16). The van der Waals surface area contributed by atoms with Gasteiger partial charge in [-0.2, -0.15) is 0 Å². The molecule has 0 radical (unpaired) electrons. The Morgan fingerprint density at radius 1 is 1.11 bits per heavy atom. The van der Waals surface area contributed by atoms with Crippen molar-refractivity contribution in [3.05, 3.63) is 17.7 Å². The monoisotopic (exact) mass is 266 g/mol. The Balaban J connectivity index is 2.68. The van der Waals surface area contributed by atoms with Crippen molar-refractivity contribution in [1.29, 1.82) is 0 Å². The lowest BCUT2D eigenvalue weighted by Gasteiger charge is -2.39. The van der Waals surface area contributed by atoms with Gasteiger partial charge in [0.1, 0.15) is 11.2 Å². The predicted octanol–water partition coefficient (Wildman–Crippen LogP) is 2.22. The van der Waals surface area contributed by atoms with Crippen LogP contribution in [0.5, 0.6) is 17.2 Å². The highest BCUT2D eigenvalue weighted by atomic mass is 16.5. The third-order valence-electron chi connectivity index (χ3n) is 3.82. The molecule has 0 aromatic heterocycles. The molecule has 1 aromatic carbocycles. The van der Waals surface area contributed by atoms with Crippen LogP contribution in [0.1, 0.15) is 24.8 Å². The molecule has 1 aromatic rings. The maximum absolute atomic E-state index is 11.7. The first-order chi connectivity index (χ1) is 9.10. The van der Waals surface area contributed by atoms with Gasteiger partial charge >= 0.3 is 5.97 Å². The first kappa shape index (κ1) is 13.5. The van der Waals surface area contributed by atoms with E-state index in [2.05, 4.69) is 0 Å². The minimum atomic E-state index is -0.925. The summed E-state index contributed by atoms with van der Waals surface area (Å²) in [4.78, 5) is 11.7. The van der Waals surface area contributed by atoms with Crippen LogP contribution in [0.3, 0.4) is 0 Å². The predicted molar refractivity (Wildman–Crippen MR) is 69.3 cm³/mol. The summed E-state index contributed by atoms with van der Waals surface area (Å²) in [7, 11) is 4.57. The number of carbonyl (C=O) groups is 1. The Morgan fingerprint density at radius 3 is 2.05 bits per heavy atom. The molecular formula is C14H18O5. The highest BCUT2D eigenvalue weighted by Gasteiger charge is 2.50. The minimum Gasteiger partial charge on any atom is -0.496 e. The van der Waals surface area contributed by atoms with Crippen LogP contribution >= 0.6 is 0 Å². The van der Waals surface area contributed by atoms with E-state index in [-0.39, 0.29) is 0 Å². The minimum absolute atomic E-state index is 0.448. The molecule has 1 fully saturated rings. The highest BCUT2D eigenvalue weighted by molar-refractivity contribution is 5.85. The average molecular weight is 266 g/mol. The molecule has 0 unspecified atom stereocenters. The second-order valence-corrected chi connectivity index (χ2v) is 4.62. The molecule has 0 heterocycles. The van der Waals surface area contributed by atoms with Crippen molar-refractivity contribution >= 4 is 5.97 Å². The number of ether oxygens (including phenoxy) is 3. The third-order valence-corrected chi connectivity index (χ3v) is 3.82. The molecule has 5 nitrogen and oxygen atoms in total. The Bertz CT molecular complexity index is 491. The zero-order valence-electron chi connectivity index (χ0n) is 11.4. The topological polar surface area (TPSA) is 65.0 Å². The van der Waals surface area contributed by atoms with Crippen molar-refractivity contribution < 1.29 is 24.1 Å². The zero-order valence-corrected chi connectivity index (χ0v) is 11.4. The molecule has 0 saturated heterocycles. The summed E-state index contributed by atoms with van der Waals surface area (Å²) in [5.74, 6) is 0.651. The fourth-order valence-corrected chi connectivity index (χ4v) is 2.63. The van der Waals surface area contributed by atoms with E-state index in [4.69, 9.17) is 14.2 Å². The number of methoxy groups -OCH3 is 3. The van der Waals surface area contributed by atoms with Gasteiger partial charge in [-0.1, -0.05) is 6.42 Å². The van der Waals surface area contributed by atoms with E-state index in [9.17, 15) is 9.90 Å². The molecule has 0 aliphatic heterocycles. The van der Waals surface area contributed by atoms with Crippen molar-refractivity contribution in [2.45, 2.75) is 24.7 Å². The lowest BCUT2D eigenvalue weighted by atomic mass is 9.64. The van der Waals surface area contributed by atoms with E-state index in [1.54, 1.807) is 12.1 Å². The van der Waals surface area contributed by atoms with E-state index in [1.807, 2.05) is 0 Å². The van der Waals surface area contributed by atoms with Gasteiger partial charge in [-0.05, 0) is 25.0 Å². The molecule has 1 aliphatic carbocycles. The number of benzene rings is 1. The number of carboxylic acids is 1. The van der Waals surface area contributed by atoms with Gasteiger partial charge in [0.2, 0.25) is 0 Å². The summed E-state index contributed by atoms with van der Waals surface area (Å²) in [5, 5.41) is 9.59. The average Bonchev–Trinajstić information content (AvgIpc) is 2.36. The second-order valence-electron chi connectivity index (χ2n) is 4.62. The summed E-state index contributed by atoms with van der Waals surface area (Å²) in [5.41, 5.74) is -0.346. The first-order valence-electron chi connectivity index (χ1n) is 6.13. The second kappa shape index (κ2) is 4.99. The maximum Gasteiger partial charge on any atom is 0.314 e. The third kappa shape index (κ3) is 1.89. The van der Waals surface area contributed by atoms with Gasteiger partial charge in [0, 0.05) is 0 Å². The van der Waals surface area contributed by atoms with Crippen LogP contribution < -0.4 is 14.2 Å². The normalized spacial score (nSPS) is 16.4. The van der Waals surface area contributed by atoms with Crippen molar-refractivity contribution in [2.24, 2.45) is 0 Å². The molecule has 19 heavy (non-hydrogen) atoms. The molecular weight excluding hydrogens is 248 g/mol. The molecule has 0 amide bonds. The van der Waals surface area contributed by atoms with Gasteiger partial charge in [0.25, 0.3) is 0 Å². The summed E-state index contributed by atoms with van der Waals surface area (Å²) < 4.78 is 15.9. The van der Waals surface area contributed by atoms with Crippen molar-refractivity contribution in [3.8, 4) is 17.2 Å². The van der Waals surface area contributed by atoms with E-state index >= 15 is 0 Å². The van der Waals surface area contributed by atoms with E-state index in [0.717, 1.165) is 6.42 Å². The molecule has 0 atom stereocenters. The molecule has 2 rings (SSSR count). The van der Waals surface area contributed by atoms with E-state index < -0.39 is 11.4 Å². The smallest absolute Gasteiger partial charge is 0.314 e. The van der Waals surface area contributed by atoms with Crippen LogP contribution in [0.15, 0.2) is 12.1 Å². The molecule has 1 aliphatic rings. The van der Waals surface area contributed by atoms with Gasteiger partial charge in [-0.3, -0.25) is 4.79 Å². The molecule has 0 spiro atoms. The molecule has 1 saturated carbocycles. The summed E-state index contributed by atoms with van der Waals surface area (Å²) in [6.07, 6.45) is 2.06. The van der Waals surface area contributed by atoms with Crippen LogP contribution in [-0.4, -0.2) is 32.4 Å². The SMILES string of the molecule is COc1ccc(OC)c(C2(C(=O)O)CCC2)c1OC. The Labute approximate surface area is 112 Å². The summed E-state index contributed by atoms with van der Waals surface area (Å²) >= 11 is 0. The number of aliphatic carboxylic acids is 1. The Morgan fingerprint density at radius 2 is 1.68 bits per heavy atom. The fourth-order valence-electron chi connectivity index (χ4n) is 2.63. The maximum atomic E-state index is 11.7. The van der Waals surface area contributed by atoms with Gasteiger partial charge in [0.05, 0.1) is 26.9 Å². The first-order valence-corrected chi connectivity index (χ1v) is 6.13. The van der Waals surface area contributed by atoms with Crippen LogP contribution in [0, 0.1) is 0 Å². The number of rotatable bonds is 5. The van der Waals surface area contributed by atoms with Gasteiger partial charge in [-0.15, -0.1) is 0 Å². The van der Waals surface area contributed by atoms with Gasteiger partial charge < -0.3 is 19.3 Å². The summed E-state index contributed by atoms with van der Waals surface area (Å²) in [6, 6.07) is 3.44. The van der Waals surface area contributed by atoms with E-state index in [0.29, 0.717) is 35.7 Å². The van der Waals surface area contributed by atoms with Crippen LogP contribution in [0.25, 0.3) is 0 Å². The Kier molecular flexibility index (Phi) is 3.55. The van der Waals surface area contributed by atoms with Crippen molar-refractivity contribution in [2.75, 3.05) is 21.3 Å². The Hall–Kier alpha value is -1.91. The lowest BCUT2D eigenvalue weighted by Crippen LogP contribution is -2.42. The zero-order chi connectivity index (χ0) is 14.0. The van der Waals surface area contributed by atoms with E-state index in [1.165, 1.54) is 21.3 Å². The fraction of sp³-hybridized carbons (Fsp3) is 0.500. The molecule has 5 heteroatoms. The van der Waals surface area contributed by atoms with Crippen molar-refractivity contribution in [3.63, 3.8) is 0 Å². The van der Waals surface area contributed by atoms with Crippen LogP contribution in [0.4, 0.5) is 0 Å². The van der Waals surface area contributed by atoms with Gasteiger partial charge in [0.15, 0.2) is 11.5 Å². The molecule has 104 valence electrons. The number of carboxylic acid groups (broad SMARTS) is 1. The largest absolute Gasteiger partial charge is 0.496 e. The number of hydrogen-bond acceptors (Lipinski definition) is 4. The molecule has 1 N–H and O–H groups in total. The lowest BCUT2D eigenvalue weighted by molar-refractivity contribution is -0.147. The number of hydrogen-bond donors (Lipinski definition) is 1. The van der Waals surface area contributed by atoms with Crippen LogP contribution in [0.2, 0.25) is 0 Å². The summed E-state index contributed by atoms with van der Waals surface area (Å²) in [6.45, 7) is 0. The van der Waals surface area contributed by atoms with Crippen LogP contribution in [-0.2, 0) is 10.2 Å². The quantitative estimate of drug-likeness (QED) is 0.885. The van der Waals surface area contributed by atoms with Gasteiger partial charge in [-0.25, -0.2) is 0 Å². The highest BCUT2D eigenvalue weighted by Crippen LogP contribution is 2.53.